The molecule has 1 atom stereocenters. The number of hydrogen-bond donors (Lipinski definition) is 0. The molecule has 6 heteroatoms. The second-order valence-corrected chi connectivity index (χ2v) is 18.4. The lowest BCUT2D eigenvalue weighted by molar-refractivity contribution is 0.0479. The summed E-state index contributed by atoms with van der Waals surface area (Å²) in [6.07, 6.45) is 3.04. The van der Waals surface area contributed by atoms with Crippen LogP contribution in [-0.2, 0) is 13.3 Å². The van der Waals surface area contributed by atoms with E-state index in [9.17, 15) is 0 Å². The fraction of sp³-hybridized carbons (Fsp3) is 1.00. The average molecular weight is 409 g/mol. The van der Waals surface area contributed by atoms with Gasteiger partial charge in [0.1, 0.15) is 7.22 Å². The van der Waals surface area contributed by atoms with Gasteiger partial charge in [-0.15, -0.1) is 0 Å². The molecule has 0 aliphatic heterocycles. The molecule has 0 saturated heterocycles. The molecule has 152 valence electrons. The zero-order valence-electron chi connectivity index (χ0n) is 18.2. The zero-order chi connectivity index (χ0) is 19.3. The highest BCUT2D eigenvalue weighted by Crippen LogP contribution is 2.39. The van der Waals surface area contributed by atoms with Crippen molar-refractivity contribution in [1.29, 1.82) is 0 Å². The van der Waals surface area contributed by atoms with E-state index in [1.165, 1.54) is 18.1 Å². The molecule has 0 fully saturated rings. The Labute approximate surface area is 164 Å². The molecule has 0 saturated carbocycles. The first-order chi connectivity index (χ1) is 11.9. The maximum atomic E-state index is 6.76. The van der Waals surface area contributed by atoms with Crippen LogP contribution in [0.15, 0.2) is 0 Å². The third-order valence-corrected chi connectivity index (χ3v) is 18.0. The van der Waals surface area contributed by atoms with E-state index in [0.29, 0.717) is 5.92 Å². The van der Waals surface area contributed by atoms with Crippen molar-refractivity contribution in [2.24, 2.45) is 5.92 Å². The fourth-order valence-corrected chi connectivity index (χ4v) is 13.6. The maximum Gasteiger partial charge on any atom is 0.502 e. The van der Waals surface area contributed by atoms with Crippen LogP contribution in [0.5, 0.6) is 0 Å². The van der Waals surface area contributed by atoms with Crippen molar-refractivity contribution >= 4 is 27.2 Å². The lowest BCUT2D eigenvalue weighted by Gasteiger charge is -2.37. The Morgan fingerprint density at radius 3 is 1.60 bits per heavy atom. The first-order valence-corrected chi connectivity index (χ1v) is 16.7. The average Bonchev–Trinajstić information content (AvgIpc) is 2.61. The van der Waals surface area contributed by atoms with Crippen molar-refractivity contribution < 1.29 is 13.3 Å². The van der Waals surface area contributed by atoms with E-state index in [2.05, 4.69) is 66.6 Å². The molecule has 1 unspecified atom stereocenters. The molecule has 0 amide bonds. The minimum absolute atomic E-state index is 0.214. The summed E-state index contributed by atoms with van der Waals surface area (Å²) in [5.74, 6) is 0.522. The second kappa shape index (κ2) is 13.8. The highest BCUT2D eigenvalue weighted by atomic mass is 32.4. The molecule has 0 aromatic heterocycles. The summed E-state index contributed by atoms with van der Waals surface area (Å²) < 4.78 is 19.4. The van der Waals surface area contributed by atoms with E-state index in [1.807, 2.05) is 0 Å². The fourth-order valence-electron chi connectivity index (χ4n) is 2.96. The van der Waals surface area contributed by atoms with Gasteiger partial charge < -0.3 is 13.3 Å². The Bertz CT molecular complexity index is 310. The molecular formula is C19H44O3SSi2. The molecule has 0 aromatic carbocycles. The summed E-state index contributed by atoms with van der Waals surface area (Å²) >= 11 is 2.15. The van der Waals surface area contributed by atoms with Crippen molar-refractivity contribution in [3.63, 3.8) is 0 Å². The largest absolute Gasteiger partial charge is 0.502 e. The van der Waals surface area contributed by atoms with Crippen LogP contribution in [0, 0.1) is 5.92 Å². The van der Waals surface area contributed by atoms with Crippen molar-refractivity contribution in [2.45, 2.75) is 104 Å². The molecule has 0 spiro atoms. The summed E-state index contributed by atoms with van der Waals surface area (Å²) in [5, 5.41) is 0. The Morgan fingerprint density at radius 2 is 1.28 bits per heavy atom. The molecule has 0 aliphatic carbocycles. The molecule has 0 bridgehead atoms. The maximum absolute atomic E-state index is 6.76. The molecule has 0 N–H and O–H groups in total. The molecule has 0 aliphatic rings. The van der Waals surface area contributed by atoms with Crippen LogP contribution in [0.2, 0.25) is 24.2 Å². The van der Waals surface area contributed by atoms with Crippen LogP contribution in [0.4, 0.5) is 0 Å². The molecule has 0 heterocycles. The minimum Gasteiger partial charge on any atom is -0.373 e. The predicted octanol–water partition coefficient (Wildman–Crippen LogP) is 6.93. The standard InChI is InChI=1S/C19H44O3SSi2/c1-9-15-20-25(17-18(7)8,21-16-10-2)22-19(11-3)23-24(12-4,13-5)14-6/h18-19H,9-17H2,1-8H3. The van der Waals surface area contributed by atoms with E-state index < -0.39 is 16.0 Å². The van der Waals surface area contributed by atoms with Crippen molar-refractivity contribution in [1.82, 2.24) is 0 Å². The van der Waals surface area contributed by atoms with E-state index in [-0.39, 0.29) is 5.44 Å². The molecule has 0 rings (SSSR count). The Kier molecular flexibility index (Phi) is 14.1. The second-order valence-electron chi connectivity index (χ2n) is 7.30. The molecule has 0 radical (unpaired) electrons. The van der Waals surface area contributed by atoms with Crippen LogP contribution in [0.25, 0.3) is 0 Å². The third kappa shape index (κ3) is 9.42. The van der Waals surface area contributed by atoms with E-state index in [0.717, 1.165) is 38.5 Å². The summed E-state index contributed by atoms with van der Waals surface area (Å²) in [6.45, 7) is 19.6. The number of rotatable bonds is 16. The van der Waals surface area contributed by atoms with Crippen LogP contribution in [0.3, 0.4) is 0 Å². The SMILES string of the molecule is CCCO[Si](CC(C)C)(OCCC)OC(CC)S[Si](CC)(CC)CC. The van der Waals surface area contributed by atoms with Gasteiger partial charge in [0.25, 0.3) is 0 Å². The van der Waals surface area contributed by atoms with Gasteiger partial charge >= 0.3 is 8.80 Å². The first-order valence-electron chi connectivity index (χ1n) is 10.5. The summed E-state index contributed by atoms with van der Waals surface area (Å²) in [4.78, 5) is 0. The predicted molar refractivity (Wildman–Crippen MR) is 118 cm³/mol. The summed E-state index contributed by atoms with van der Waals surface area (Å²) in [5.41, 5.74) is 0.214. The van der Waals surface area contributed by atoms with Crippen molar-refractivity contribution in [3.05, 3.63) is 0 Å². The highest BCUT2D eigenvalue weighted by Gasteiger charge is 2.45. The van der Waals surface area contributed by atoms with Crippen LogP contribution in [-0.4, -0.2) is 34.7 Å². The smallest absolute Gasteiger partial charge is 0.373 e. The summed E-state index contributed by atoms with van der Waals surface area (Å²) in [7, 11) is -3.92. The van der Waals surface area contributed by atoms with Gasteiger partial charge in [-0.2, -0.15) is 11.2 Å². The van der Waals surface area contributed by atoms with Gasteiger partial charge in [0.05, 0.1) is 5.44 Å². The van der Waals surface area contributed by atoms with Gasteiger partial charge in [-0.25, -0.2) is 0 Å². The quantitative estimate of drug-likeness (QED) is 0.204. The van der Waals surface area contributed by atoms with Gasteiger partial charge in [-0.05, 0) is 25.2 Å². The van der Waals surface area contributed by atoms with Gasteiger partial charge in [-0.1, -0.05) is 73.5 Å². The van der Waals surface area contributed by atoms with Crippen molar-refractivity contribution in [2.75, 3.05) is 13.2 Å². The van der Waals surface area contributed by atoms with E-state index in [1.54, 1.807) is 0 Å². The first kappa shape index (κ1) is 25.7. The van der Waals surface area contributed by atoms with Gasteiger partial charge in [0.2, 0.25) is 0 Å². The Hall–Kier alpha value is 0.664. The molecule has 25 heavy (non-hydrogen) atoms. The lowest BCUT2D eigenvalue weighted by Crippen LogP contribution is -2.50. The van der Waals surface area contributed by atoms with Crippen LogP contribution in [0.1, 0.15) is 74.7 Å². The molecular weight excluding hydrogens is 364 g/mol. The topological polar surface area (TPSA) is 27.7 Å². The highest BCUT2D eigenvalue weighted by molar-refractivity contribution is 8.29. The lowest BCUT2D eigenvalue weighted by atomic mass is 10.3. The number of hydrogen-bond acceptors (Lipinski definition) is 4. The Balaban J connectivity index is 5.36. The normalized spacial score (nSPS) is 14.3. The van der Waals surface area contributed by atoms with E-state index >= 15 is 0 Å². The van der Waals surface area contributed by atoms with Gasteiger partial charge in [0, 0.05) is 19.3 Å². The van der Waals surface area contributed by atoms with Crippen LogP contribution < -0.4 is 0 Å². The molecule has 3 nitrogen and oxygen atoms in total. The zero-order valence-corrected chi connectivity index (χ0v) is 21.0. The van der Waals surface area contributed by atoms with Gasteiger partial charge in [-0.3, -0.25) is 0 Å². The van der Waals surface area contributed by atoms with Crippen LogP contribution >= 0.6 is 11.2 Å². The Morgan fingerprint density at radius 1 is 0.800 bits per heavy atom. The summed E-state index contributed by atoms with van der Waals surface area (Å²) in [6, 6.07) is 4.86. The molecule has 0 aromatic rings. The minimum atomic E-state index is -2.62. The van der Waals surface area contributed by atoms with Crippen molar-refractivity contribution in [3.8, 4) is 0 Å². The van der Waals surface area contributed by atoms with E-state index in [4.69, 9.17) is 13.3 Å². The van der Waals surface area contributed by atoms with Gasteiger partial charge in [0.15, 0.2) is 0 Å². The monoisotopic (exact) mass is 408 g/mol. The third-order valence-electron chi connectivity index (χ3n) is 4.67.